The van der Waals surface area contributed by atoms with Gasteiger partial charge >= 0.3 is 0 Å². The summed E-state index contributed by atoms with van der Waals surface area (Å²) < 4.78 is 5.34. The third kappa shape index (κ3) is 3.90. The van der Waals surface area contributed by atoms with Gasteiger partial charge in [0.25, 0.3) is 0 Å². The summed E-state index contributed by atoms with van der Waals surface area (Å²) in [5.74, 6) is 0.959. The van der Waals surface area contributed by atoms with E-state index in [0.29, 0.717) is 11.8 Å². The molecule has 1 aliphatic carbocycles. The minimum atomic E-state index is 0.103. The van der Waals surface area contributed by atoms with Gasteiger partial charge in [-0.3, -0.25) is 4.79 Å². The van der Waals surface area contributed by atoms with Crippen LogP contribution in [0.4, 0.5) is 0 Å². The fourth-order valence-corrected chi connectivity index (χ4v) is 3.60. The molecule has 0 radical (unpaired) electrons. The van der Waals surface area contributed by atoms with Crippen LogP contribution in [-0.2, 0) is 24.1 Å². The number of aromatic nitrogens is 1. The maximum Gasteiger partial charge on any atom is 0.224 e. The van der Waals surface area contributed by atoms with Crippen molar-refractivity contribution < 1.29 is 9.32 Å². The van der Waals surface area contributed by atoms with Crippen LogP contribution in [0, 0.1) is 5.41 Å². The molecule has 0 saturated heterocycles. The molecule has 0 aliphatic heterocycles. The topological polar surface area (TPSA) is 55.1 Å². The highest BCUT2D eigenvalue weighted by atomic mass is 16.5. The molecule has 0 spiro atoms. The van der Waals surface area contributed by atoms with E-state index < -0.39 is 0 Å². The first-order valence-corrected chi connectivity index (χ1v) is 8.87. The molecule has 1 aliphatic rings. The Kier molecular flexibility index (Phi) is 6.04. The van der Waals surface area contributed by atoms with Crippen LogP contribution in [0.15, 0.2) is 4.52 Å². The molecule has 4 nitrogen and oxygen atoms in total. The van der Waals surface area contributed by atoms with Crippen molar-refractivity contribution in [3.8, 4) is 0 Å². The molecule has 0 atom stereocenters. The average molecular weight is 306 g/mol. The first kappa shape index (κ1) is 17.0. The quantitative estimate of drug-likeness (QED) is 0.833. The van der Waals surface area contributed by atoms with Gasteiger partial charge in [0.1, 0.15) is 5.76 Å². The van der Waals surface area contributed by atoms with Gasteiger partial charge in [0.2, 0.25) is 5.91 Å². The fourth-order valence-electron chi connectivity index (χ4n) is 3.60. The molecule has 1 aromatic heterocycles. The molecule has 1 aromatic rings. The summed E-state index contributed by atoms with van der Waals surface area (Å²) in [5.41, 5.74) is 2.25. The summed E-state index contributed by atoms with van der Waals surface area (Å²) in [5, 5.41) is 7.26. The van der Waals surface area contributed by atoms with Crippen LogP contribution >= 0.6 is 0 Å². The molecule has 1 fully saturated rings. The van der Waals surface area contributed by atoms with Crippen LogP contribution in [-0.4, -0.2) is 17.6 Å². The molecular formula is C18H30N2O2. The summed E-state index contributed by atoms with van der Waals surface area (Å²) in [6.45, 7) is 7.15. The van der Waals surface area contributed by atoms with Gasteiger partial charge in [0, 0.05) is 18.5 Å². The Morgan fingerprint density at radius 1 is 1.18 bits per heavy atom. The molecule has 0 unspecified atom stereocenters. The minimum absolute atomic E-state index is 0.103. The third-order valence-electron chi connectivity index (χ3n) is 5.27. The number of hydrogen-bond donors (Lipinski definition) is 1. The molecule has 2 rings (SSSR count). The van der Waals surface area contributed by atoms with Crippen LogP contribution < -0.4 is 5.32 Å². The van der Waals surface area contributed by atoms with Crippen molar-refractivity contribution in [2.24, 2.45) is 5.41 Å². The van der Waals surface area contributed by atoms with Crippen molar-refractivity contribution >= 4 is 5.91 Å². The number of aryl methyl sites for hydroxylation is 2. The summed E-state index contributed by atoms with van der Waals surface area (Å²) in [7, 11) is 0. The van der Waals surface area contributed by atoms with Crippen molar-refractivity contribution in [3.05, 3.63) is 17.0 Å². The Balaban J connectivity index is 1.94. The summed E-state index contributed by atoms with van der Waals surface area (Å²) in [6, 6.07) is 0. The summed E-state index contributed by atoms with van der Waals surface area (Å²) >= 11 is 0. The van der Waals surface area contributed by atoms with E-state index in [1.54, 1.807) is 0 Å². The standard InChI is InChI=1S/C18H30N2O2/c1-4-15-14(16(5-2)22-20-15)12-17(21)19-13-18(6-3)10-8-7-9-11-18/h4-13H2,1-3H3,(H,19,21). The first-order chi connectivity index (χ1) is 10.6. The number of rotatable bonds is 7. The van der Waals surface area contributed by atoms with Crippen molar-refractivity contribution in [2.75, 3.05) is 6.54 Å². The van der Waals surface area contributed by atoms with E-state index in [4.69, 9.17) is 4.52 Å². The van der Waals surface area contributed by atoms with Crippen molar-refractivity contribution in [1.29, 1.82) is 0 Å². The molecule has 4 heteroatoms. The van der Waals surface area contributed by atoms with E-state index in [0.717, 1.165) is 42.8 Å². The van der Waals surface area contributed by atoms with E-state index in [-0.39, 0.29) is 5.91 Å². The normalized spacial score (nSPS) is 17.4. The maximum absolute atomic E-state index is 12.4. The monoisotopic (exact) mass is 306 g/mol. The van der Waals surface area contributed by atoms with E-state index in [9.17, 15) is 4.79 Å². The second-order valence-electron chi connectivity index (χ2n) is 6.61. The number of carbonyl (C=O) groups is 1. The van der Waals surface area contributed by atoms with Gasteiger partial charge in [-0.2, -0.15) is 0 Å². The number of carbonyl (C=O) groups excluding carboxylic acids is 1. The molecular weight excluding hydrogens is 276 g/mol. The van der Waals surface area contributed by atoms with Crippen LogP contribution in [0.25, 0.3) is 0 Å². The maximum atomic E-state index is 12.4. The van der Waals surface area contributed by atoms with Crippen LogP contribution in [0.3, 0.4) is 0 Å². The van der Waals surface area contributed by atoms with E-state index in [1.807, 2.05) is 13.8 Å². The lowest BCUT2D eigenvalue weighted by Gasteiger charge is -2.36. The molecule has 22 heavy (non-hydrogen) atoms. The third-order valence-corrected chi connectivity index (χ3v) is 5.27. The Hall–Kier alpha value is -1.32. The molecule has 1 saturated carbocycles. The highest BCUT2D eigenvalue weighted by molar-refractivity contribution is 5.79. The molecule has 0 aromatic carbocycles. The summed E-state index contributed by atoms with van der Waals surface area (Å²) in [6.07, 6.45) is 9.59. The second-order valence-corrected chi connectivity index (χ2v) is 6.61. The number of amides is 1. The molecule has 1 amide bonds. The molecule has 0 bridgehead atoms. The van der Waals surface area contributed by atoms with Gasteiger partial charge in [-0.25, -0.2) is 0 Å². The van der Waals surface area contributed by atoms with Crippen LogP contribution in [0.2, 0.25) is 0 Å². The van der Waals surface area contributed by atoms with Crippen LogP contribution in [0.1, 0.15) is 76.3 Å². The number of nitrogens with one attached hydrogen (secondary N) is 1. The van der Waals surface area contributed by atoms with E-state index in [2.05, 4.69) is 17.4 Å². The average Bonchev–Trinajstić information content (AvgIpc) is 2.95. The highest BCUT2D eigenvalue weighted by Crippen LogP contribution is 2.38. The van der Waals surface area contributed by atoms with Gasteiger partial charge < -0.3 is 9.84 Å². The zero-order valence-corrected chi connectivity index (χ0v) is 14.3. The smallest absolute Gasteiger partial charge is 0.224 e. The van der Waals surface area contributed by atoms with Gasteiger partial charge in [0.05, 0.1) is 12.1 Å². The molecule has 1 heterocycles. The molecule has 124 valence electrons. The van der Waals surface area contributed by atoms with Crippen molar-refractivity contribution in [2.45, 2.75) is 78.6 Å². The highest BCUT2D eigenvalue weighted by Gasteiger charge is 2.30. The lowest BCUT2D eigenvalue weighted by Crippen LogP contribution is -2.39. The Bertz CT molecular complexity index is 466. The summed E-state index contributed by atoms with van der Waals surface area (Å²) in [4.78, 5) is 12.4. The Morgan fingerprint density at radius 3 is 2.50 bits per heavy atom. The zero-order valence-electron chi connectivity index (χ0n) is 14.3. The SMILES string of the molecule is CCc1noc(CC)c1CC(=O)NCC1(CC)CCCCC1. The Morgan fingerprint density at radius 2 is 1.91 bits per heavy atom. The first-order valence-electron chi connectivity index (χ1n) is 8.87. The van der Waals surface area contributed by atoms with Gasteiger partial charge in [0.15, 0.2) is 0 Å². The lowest BCUT2D eigenvalue weighted by atomic mass is 9.72. The van der Waals surface area contributed by atoms with Gasteiger partial charge in [-0.1, -0.05) is 45.2 Å². The van der Waals surface area contributed by atoms with Gasteiger partial charge in [-0.15, -0.1) is 0 Å². The minimum Gasteiger partial charge on any atom is -0.361 e. The van der Waals surface area contributed by atoms with E-state index in [1.165, 1.54) is 32.1 Å². The fraction of sp³-hybridized carbons (Fsp3) is 0.778. The van der Waals surface area contributed by atoms with E-state index >= 15 is 0 Å². The zero-order chi connectivity index (χ0) is 16.0. The number of hydrogen-bond acceptors (Lipinski definition) is 3. The van der Waals surface area contributed by atoms with Crippen molar-refractivity contribution in [3.63, 3.8) is 0 Å². The Labute approximate surface area is 134 Å². The lowest BCUT2D eigenvalue weighted by molar-refractivity contribution is -0.121. The molecule has 1 N–H and O–H groups in total. The number of nitrogens with zero attached hydrogens (tertiary/aromatic N) is 1. The predicted octanol–water partition coefficient (Wildman–Crippen LogP) is 3.82. The van der Waals surface area contributed by atoms with Gasteiger partial charge in [-0.05, 0) is 31.1 Å². The second kappa shape index (κ2) is 7.80. The largest absolute Gasteiger partial charge is 0.361 e. The predicted molar refractivity (Wildman–Crippen MR) is 87.8 cm³/mol. The van der Waals surface area contributed by atoms with Crippen LogP contribution in [0.5, 0.6) is 0 Å². The van der Waals surface area contributed by atoms with Crippen molar-refractivity contribution in [1.82, 2.24) is 10.5 Å².